The maximum Gasteiger partial charge on any atom is 0.179 e. The summed E-state index contributed by atoms with van der Waals surface area (Å²) in [4.78, 5) is 0. The van der Waals surface area contributed by atoms with Crippen LogP contribution in [-0.4, -0.2) is 17.2 Å². The standard InChI is InChI=1S/C48H34N2Si/c1-4-18-37(19-5-1)51(38-20-6-2-7-21-38,39-22-8-3-9-23-39)40-33-35(49-45-28-14-10-24-41(45)42-25-11-15-29-46(42)49)32-36(34-40)50-47-30-16-12-26-43(47)44-27-13-17-31-48(44)50/h1-34H/i10D,11D,12D,13D,14D,15D,16D,17D,24D,25D,26D. The molecule has 240 valence electrons. The highest BCUT2D eigenvalue weighted by atomic mass is 28.3. The Bertz CT molecular complexity index is 3310. The molecule has 2 heterocycles. The molecular weight excluding hydrogens is 633 g/mol. The van der Waals surface area contributed by atoms with Gasteiger partial charge in [0, 0.05) is 32.9 Å². The monoisotopic (exact) mass is 677 g/mol. The lowest BCUT2D eigenvalue weighted by Gasteiger charge is -2.35. The van der Waals surface area contributed by atoms with Gasteiger partial charge in [-0.15, -0.1) is 0 Å². The molecule has 10 aromatic rings. The summed E-state index contributed by atoms with van der Waals surface area (Å²) in [5.74, 6) is 0. The number of rotatable bonds is 6. The van der Waals surface area contributed by atoms with Gasteiger partial charge >= 0.3 is 0 Å². The smallest absolute Gasteiger partial charge is 0.179 e. The highest BCUT2D eigenvalue weighted by molar-refractivity contribution is 7.20. The van der Waals surface area contributed by atoms with Crippen molar-refractivity contribution in [2.24, 2.45) is 0 Å². The summed E-state index contributed by atoms with van der Waals surface area (Å²) in [6.07, 6.45) is 0. The number of hydrogen-bond acceptors (Lipinski definition) is 0. The highest BCUT2D eigenvalue weighted by Gasteiger charge is 2.42. The van der Waals surface area contributed by atoms with Crippen molar-refractivity contribution in [2.45, 2.75) is 0 Å². The summed E-state index contributed by atoms with van der Waals surface area (Å²) in [6.45, 7) is 0. The molecule has 2 aromatic heterocycles. The van der Waals surface area contributed by atoms with Crippen LogP contribution < -0.4 is 20.7 Å². The lowest BCUT2D eigenvalue weighted by Crippen LogP contribution is -2.74. The summed E-state index contributed by atoms with van der Waals surface area (Å²) >= 11 is 0. The van der Waals surface area contributed by atoms with Gasteiger partial charge in [-0.3, -0.25) is 0 Å². The molecule has 0 unspecified atom stereocenters. The molecule has 51 heavy (non-hydrogen) atoms. The van der Waals surface area contributed by atoms with Crippen LogP contribution in [0.5, 0.6) is 0 Å². The van der Waals surface area contributed by atoms with Crippen molar-refractivity contribution in [3.8, 4) is 11.4 Å². The Morgan fingerprint density at radius 1 is 0.333 bits per heavy atom. The van der Waals surface area contributed by atoms with Gasteiger partial charge in [-0.05, 0) is 63.2 Å². The third-order valence-electron chi connectivity index (χ3n) is 9.91. The molecule has 0 amide bonds. The molecule has 10 rings (SSSR count). The minimum absolute atomic E-state index is 0.0556. The van der Waals surface area contributed by atoms with Crippen molar-refractivity contribution >= 4 is 72.4 Å². The van der Waals surface area contributed by atoms with Crippen molar-refractivity contribution in [1.82, 2.24) is 9.13 Å². The highest BCUT2D eigenvalue weighted by Crippen LogP contribution is 2.35. The van der Waals surface area contributed by atoms with Crippen molar-refractivity contribution in [3.05, 3.63) is 206 Å². The predicted molar refractivity (Wildman–Crippen MR) is 219 cm³/mol. The molecule has 0 aliphatic rings. The van der Waals surface area contributed by atoms with Crippen LogP contribution in [0, 0.1) is 0 Å². The Hall–Kier alpha value is -6.42. The first-order chi connectivity index (χ1) is 29.8. The lowest BCUT2D eigenvalue weighted by atomic mass is 10.2. The second-order valence-electron chi connectivity index (χ2n) is 12.5. The van der Waals surface area contributed by atoms with Crippen LogP contribution in [0.4, 0.5) is 0 Å². The largest absolute Gasteiger partial charge is 0.309 e. The quantitative estimate of drug-likeness (QED) is 0.123. The minimum atomic E-state index is -3.38. The fourth-order valence-corrected chi connectivity index (χ4v) is 12.7. The Labute approximate surface area is 313 Å². The van der Waals surface area contributed by atoms with Crippen molar-refractivity contribution in [3.63, 3.8) is 0 Å². The van der Waals surface area contributed by atoms with Crippen LogP contribution in [-0.2, 0) is 0 Å². The van der Waals surface area contributed by atoms with Gasteiger partial charge in [0.15, 0.2) is 8.07 Å². The minimum Gasteiger partial charge on any atom is -0.309 e. The second kappa shape index (κ2) is 11.9. The summed E-state index contributed by atoms with van der Waals surface area (Å²) in [5.41, 5.74) is 2.65. The zero-order chi connectivity index (χ0) is 43.4. The Balaban J connectivity index is 1.47. The fraction of sp³-hybridized carbons (Fsp3) is 0. The lowest BCUT2D eigenvalue weighted by molar-refractivity contribution is 1.14. The van der Waals surface area contributed by atoms with Gasteiger partial charge in [0.2, 0.25) is 0 Å². The van der Waals surface area contributed by atoms with Crippen LogP contribution in [0.1, 0.15) is 15.1 Å². The van der Waals surface area contributed by atoms with Crippen LogP contribution >= 0.6 is 0 Å². The number of fused-ring (bicyclic) bond motifs is 6. The average molecular weight is 678 g/mol. The van der Waals surface area contributed by atoms with Crippen LogP contribution in [0.25, 0.3) is 55.0 Å². The first-order valence-electron chi connectivity index (χ1n) is 22.2. The molecule has 0 N–H and O–H groups in total. The molecule has 8 aromatic carbocycles. The van der Waals surface area contributed by atoms with E-state index in [-0.39, 0.29) is 77.2 Å². The molecule has 3 heteroatoms. The molecule has 2 nitrogen and oxygen atoms in total. The Morgan fingerprint density at radius 3 is 1.12 bits per heavy atom. The van der Waals surface area contributed by atoms with Gasteiger partial charge < -0.3 is 9.13 Å². The SMILES string of the molecule is [2H]c1cc2c3c([2H])c([2H])c([2H])cc3n(-c3cc(-n4c5cc([2H])c([2H])c([2H])c5c5c([2H])c([2H])c([2H])cc54)cc([Si](c4ccccc4)(c4ccccc4)c4ccccc4)c3)c2cc1[2H]. The molecular formula is C48H34N2Si. The van der Waals surface area contributed by atoms with E-state index >= 15 is 0 Å². The van der Waals surface area contributed by atoms with Crippen molar-refractivity contribution in [2.75, 3.05) is 0 Å². The summed E-state index contributed by atoms with van der Waals surface area (Å²) in [6, 6.07) is 42.0. The molecule has 0 fully saturated rings. The molecule has 0 saturated heterocycles. The fourth-order valence-electron chi connectivity index (χ4n) is 7.84. The third-order valence-corrected chi connectivity index (χ3v) is 14.7. The van der Waals surface area contributed by atoms with E-state index in [0.29, 0.717) is 44.2 Å². The van der Waals surface area contributed by atoms with E-state index in [9.17, 15) is 0 Å². The third kappa shape index (κ3) is 4.49. The number of para-hydroxylation sites is 4. The van der Waals surface area contributed by atoms with Crippen molar-refractivity contribution < 1.29 is 15.1 Å². The van der Waals surface area contributed by atoms with Gasteiger partial charge in [-0.25, -0.2) is 0 Å². The van der Waals surface area contributed by atoms with E-state index in [1.165, 1.54) is 24.3 Å². The van der Waals surface area contributed by atoms with E-state index in [2.05, 4.69) is 48.5 Å². The zero-order valence-electron chi connectivity index (χ0n) is 38.2. The van der Waals surface area contributed by atoms with Crippen LogP contribution in [0.2, 0.25) is 0 Å². The zero-order valence-corrected chi connectivity index (χ0v) is 28.2. The van der Waals surface area contributed by atoms with Gasteiger partial charge in [0.1, 0.15) is 0 Å². The Kier molecular flexibility index (Phi) is 4.72. The number of aromatic nitrogens is 2. The van der Waals surface area contributed by atoms with E-state index in [0.717, 1.165) is 20.7 Å². The van der Waals surface area contributed by atoms with E-state index < -0.39 is 8.07 Å². The van der Waals surface area contributed by atoms with Crippen LogP contribution in [0.15, 0.2) is 206 Å². The van der Waals surface area contributed by atoms with E-state index in [4.69, 9.17) is 15.1 Å². The molecule has 0 bridgehead atoms. The maximum absolute atomic E-state index is 9.12. The molecule has 0 saturated carbocycles. The Morgan fingerprint density at radius 2 is 0.686 bits per heavy atom. The predicted octanol–water partition coefficient (Wildman–Crippen LogP) is 9.26. The van der Waals surface area contributed by atoms with Crippen molar-refractivity contribution in [1.29, 1.82) is 0 Å². The van der Waals surface area contributed by atoms with Crippen LogP contribution in [0.3, 0.4) is 0 Å². The summed E-state index contributed by atoms with van der Waals surface area (Å²) in [7, 11) is -3.38. The number of nitrogens with zero attached hydrogens (tertiary/aromatic N) is 2. The van der Waals surface area contributed by atoms with E-state index in [1.54, 1.807) is 10.6 Å². The topological polar surface area (TPSA) is 9.86 Å². The molecule has 0 aliphatic heterocycles. The maximum atomic E-state index is 9.12. The molecule has 0 spiro atoms. The molecule has 0 radical (unpaired) electrons. The van der Waals surface area contributed by atoms with Gasteiger partial charge in [-0.2, -0.15) is 0 Å². The molecule has 0 atom stereocenters. The summed E-state index contributed by atoms with van der Waals surface area (Å²) in [5, 5.41) is 5.30. The first kappa shape index (κ1) is 20.3. The van der Waals surface area contributed by atoms with Gasteiger partial charge in [-0.1, -0.05) is 164 Å². The summed E-state index contributed by atoms with van der Waals surface area (Å²) < 4.78 is 101. The first-order valence-corrected chi connectivity index (χ1v) is 18.7. The van der Waals surface area contributed by atoms with Gasteiger partial charge in [0.25, 0.3) is 0 Å². The number of hydrogen-bond donors (Lipinski definition) is 0. The van der Waals surface area contributed by atoms with E-state index in [1.807, 2.05) is 65.2 Å². The average Bonchev–Trinajstić information content (AvgIpc) is 3.76. The molecule has 0 aliphatic carbocycles. The number of benzene rings is 8. The van der Waals surface area contributed by atoms with Gasteiger partial charge in [0.05, 0.1) is 37.1 Å². The second-order valence-corrected chi connectivity index (χ2v) is 16.3. The normalized spacial score (nSPS) is 14.9.